The lowest BCUT2D eigenvalue weighted by molar-refractivity contribution is 0.183. The second-order valence-corrected chi connectivity index (χ2v) is 4.08. The summed E-state index contributed by atoms with van der Waals surface area (Å²) in [5.74, 6) is 0. The van der Waals surface area contributed by atoms with Gasteiger partial charge in [0.05, 0.1) is 17.4 Å². The predicted octanol–water partition coefficient (Wildman–Crippen LogP) is 2.44. The topological polar surface area (TPSA) is 56.0 Å². The summed E-state index contributed by atoms with van der Waals surface area (Å²) in [6, 6.07) is 7.89. The fraction of sp³-hybridized carbons (Fsp3) is 0.462. The average Bonchev–Trinajstić information content (AvgIpc) is 2.24. The summed E-state index contributed by atoms with van der Waals surface area (Å²) in [4.78, 5) is 0. The lowest BCUT2D eigenvalue weighted by atomic mass is 10.1. The highest BCUT2D eigenvalue weighted by molar-refractivity contribution is 5.58. The molecule has 1 rings (SSSR count). The molecule has 86 valence electrons. The molecule has 0 amide bonds. The molecule has 2 N–H and O–H groups in total. The number of anilines is 1. The Hall–Kier alpha value is -1.53. The van der Waals surface area contributed by atoms with E-state index in [1.54, 1.807) is 6.92 Å². The summed E-state index contributed by atoms with van der Waals surface area (Å²) in [7, 11) is 0. The Morgan fingerprint density at radius 3 is 2.88 bits per heavy atom. The van der Waals surface area contributed by atoms with Crippen molar-refractivity contribution in [3.05, 3.63) is 29.3 Å². The van der Waals surface area contributed by atoms with Crippen molar-refractivity contribution in [1.29, 1.82) is 5.26 Å². The number of aryl methyl sites for hydroxylation is 1. The first kappa shape index (κ1) is 12.5. The summed E-state index contributed by atoms with van der Waals surface area (Å²) in [5.41, 5.74) is 2.69. The molecular weight excluding hydrogens is 200 g/mol. The van der Waals surface area contributed by atoms with Gasteiger partial charge < -0.3 is 10.4 Å². The van der Waals surface area contributed by atoms with Crippen LogP contribution in [0.3, 0.4) is 0 Å². The molecule has 0 aliphatic rings. The maximum atomic E-state index is 9.11. The highest BCUT2D eigenvalue weighted by Crippen LogP contribution is 2.16. The van der Waals surface area contributed by atoms with Crippen molar-refractivity contribution in [1.82, 2.24) is 0 Å². The molecule has 0 radical (unpaired) electrons. The van der Waals surface area contributed by atoms with E-state index in [1.165, 1.54) is 0 Å². The van der Waals surface area contributed by atoms with E-state index in [0.29, 0.717) is 5.56 Å². The number of hydrogen-bond donors (Lipinski definition) is 2. The number of rotatable bonds is 5. The van der Waals surface area contributed by atoms with E-state index in [9.17, 15) is 0 Å². The molecule has 1 aromatic rings. The lowest BCUT2D eigenvalue weighted by Gasteiger charge is -2.09. The molecule has 0 bridgehead atoms. The van der Waals surface area contributed by atoms with Gasteiger partial charge in [0.15, 0.2) is 0 Å². The second kappa shape index (κ2) is 6.14. The number of nitriles is 1. The molecule has 16 heavy (non-hydrogen) atoms. The number of nitrogens with zero attached hydrogens (tertiary/aromatic N) is 1. The second-order valence-electron chi connectivity index (χ2n) is 4.08. The van der Waals surface area contributed by atoms with Crippen molar-refractivity contribution >= 4 is 5.69 Å². The molecule has 1 unspecified atom stereocenters. The van der Waals surface area contributed by atoms with Crippen LogP contribution in [-0.4, -0.2) is 17.8 Å². The molecule has 1 atom stereocenters. The van der Waals surface area contributed by atoms with E-state index >= 15 is 0 Å². The standard InChI is InChI=1S/C13H18N2O/c1-10-5-6-12(9-14)13(8-10)15-7-3-4-11(2)16/h5-6,8,11,15-16H,3-4,7H2,1-2H3. The lowest BCUT2D eigenvalue weighted by Crippen LogP contribution is -2.07. The van der Waals surface area contributed by atoms with Crippen LogP contribution in [0.4, 0.5) is 5.69 Å². The zero-order chi connectivity index (χ0) is 12.0. The monoisotopic (exact) mass is 218 g/mol. The van der Waals surface area contributed by atoms with Gasteiger partial charge >= 0.3 is 0 Å². The van der Waals surface area contributed by atoms with Crippen LogP contribution in [0.5, 0.6) is 0 Å². The molecule has 1 aromatic carbocycles. The van der Waals surface area contributed by atoms with E-state index < -0.39 is 0 Å². The minimum Gasteiger partial charge on any atom is -0.393 e. The molecule has 3 nitrogen and oxygen atoms in total. The number of benzene rings is 1. The fourth-order valence-corrected chi connectivity index (χ4v) is 1.52. The average molecular weight is 218 g/mol. The van der Waals surface area contributed by atoms with Crippen molar-refractivity contribution in [2.24, 2.45) is 0 Å². The van der Waals surface area contributed by atoms with Crippen LogP contribution < -0.4 is 5.32 Å². The van der Waals surface area contributed by atoms with Crippen LogP contribution in [0.25, 0.3) is 0 Å². The van der Waals surface area contributed by atoms with Crippen LogP contribution in [0.1, 0.15) is 30.9 Å². The minimum absolute atomic E-state index is 0.255. The van der Waals surface area contributed by atoms with Crippen LogP contribution in [0, 0.1) is 18.3 Å². The van der Waals surface area contributed by atoms with E-state index in [2.05, 4.69) is 11.4 Å². The Morgan fingerprint density at radius 2 is 2.25 bits per heavy atom. The first-order valence-electron chi connectivity index (χ1n) is 5.56. The van der Waals surface area contributed by atoms with Gasteiger partial charge in [0.2, 0.25) is 0 Å². The van der Waals surface area contributed by atoms with Crippen molar-refractivity contribution in [2.75, 3.05) is 11.9 Å². The fourth-order valence-electron chi connectivity index (χ4n) is 1.52. The largest absolute Gasteiger partial charge is 0.393 e. The Balaban J connectivity index is 2.53. The quantitative estimate of drug-likeness (QED) is 0.746. The molecule has 0 saturated heterocycles. The Bertz CT molecular complexity index is 380. The highest BCUT2D eigenvalue weighted by Gasteiger charge is 2.01. The van der Waals surface area contributed by atoms with Gasteiger partial charge in [-0.05, 0) is 44.4 Å². The van der Waals surface area contributed by atoms with Gasteiger partial charge in [-0.3, -0.25) is 0 Å². The van der Waals surface area contributed by atoms with E-state index in [1.807, 2.05) is 25.1 Å². The predicted molar refractivity (Wildman–Crippen MR) is 65.3 cm³/mol. The Kier molecular flexibility index (Phi) is 4.81. The summed E-state index contributed by atoms with van der Waals surface area (Å²) >= 11 is 0. The molecule has 3 heteroatoms. The molecule has 0 saturated carbocycles. The highest BCUT2D eigenvalue weighted by atomic mass is 16.3. The summed E-state index contributed by atoms with van der Waals surface area (Å²) in [6.45, 7) is 4.57. The van der Waals surface area contributed by atoms with Crippen molar-refractivity contribution in [3.8, 4) is 6.07 Å². The van der Waals surface area contributed by atoms with Gasteiger partial charge in [-0.15, -0.1) is 0 Å². The van der Waals surface area contributed by atoms with Crippen molar-refractivity contribution in [3.63, 3.8) is 0 Å². The SMILES string of the molecule is Cc1ccc(C#N)c(NCCCC(C)O)c1. The van der Waals surface area contributed by atoms with Gasteiger partial charge in [0, 0.05) is 6.54 Å². The number of aliphatic hydroxyl groups excluding tert-OH is 1. The zero-order valence-corrected chi connectivity index (χ0v) is 9.83. The molecular formula is C13H18N2O. The zero-order valence-electron chi connectivity index (χ0n) is 9.83. The van der Waals surface area contributed by atoms with E-state index in [4.69, 9.17) is 10.4 Å². The van der Waals surface area contributed by atoms with Crippen LogP contribution in [0.2, 0.25) is 0 Å². The molecule has 0 aliphatic carbocycles. The van der Waals surface area contributed by atoms with Gasteiger partial charge in [-0.1, -0.05) is 6.07 Å². The molecule has 0 spiro atoms. The van der Waals surface area contributed by atoms with Gasteiger partial charge in [-0.25, -0.2) is 0 Å². The molecule has 0 fully saturated rings. The molecule has 0 aromatic heterocycles. The molecule has 0 heterocycles. The van der Waals surface area contributed by atoms with Gasteiger partial charge in [0.1, 0.15) is 6.07 Å². The third-order valence-corrected chi connectivity index (χ3v) is 2.41. The Morgan fingerprint density at radius 1 is 1.50 bits per heavy atom. The first-order chi connectivity index (χ1) is 7.63. The normalized spacial score (nSPS) is 11.9. The van der Waals surface area contributed by atoms with Crippen LogP contribution >= 0.6 is 0 Å². The third-order valence-electron chi connectivity index (χ3n) is 2.41. The summed E-state index contributed by atoms with van der Waals surface area (Å²) in [6.07, 6.45) is 1.42. The number of nitrogens with one attached hydrogen (secondary N) is 1. The summed E-state index contributed by atoms with van der Waals surface area (Å²) in [5, 5.41) is 21.3. The first-order valence-corrected chi connectivity index (χ1v) is 5.56. The van der Waals surface area contributed by atoms with Gasteiger partial charge in [0.25, 0.3) is 0 Å². The minimum atomic E-state index is -0.255. The smallest absolute Gasteiger partial charge is 0.101 e. The van der Waals surface area contributed by atoms with Gasteiger partial charge in [-0.2, -0.15) is 5.26 Å². The van der Waals surface area contributed by atoms with E-state index in [-0.39, 0.29) is 6.10 Å². The Labute approximate surface area is 96.7 Å². The van der Waals surface area contributed by atoms with Crippen molar-refractivity contribution in [2.45, 2.75) is 32.8 Å². The third kappa shape index (κ3) is 3.92. The van der Waals surface area contributed by atoms with E-state index in [0.717, 1.165) is 30.6 Å². The molecule has 0 aliphatic heterocycles. The number of hydrogen-bond acceptors (Lipinski definition) is 3. The van der Waals surface area contributed by atoms with Crippen molar-refractivity contribution < 1.29 is 5.11 Å². The number of aliphatic hydroxyl groups is 1. The summed E-state index contributed by atoms with van der Waals surface area (Å²) < 4.78 is 0. The maximum Gasteiger partial charge on any atom is 0.101 e. The van der Waals surface area contributed by atoms with Crippen LogP contribution in [0.15, 0.2) is 18.2 Å². The van der Waals surface area contributed by atoms with Crippen LogP contribution in [-0.2, 0) is 0 Å². The maximum absolute atomic E-state index is 9.11.